The van der Waals surface area contributed by atoms with E-state index in [9.17, 15) is 9.59 Å². The number of benzene rings is 1. The standard InChI is InChI=1S/C16H23N3O2.ClH/c17-9-15(20)18-10-16(21)19(12-14-7-4-8-14)11-13-5-2-1-3-6-13;/h1-3,5-6,14H,4,7-12,17H2,(H,18,20);1H. The summed E-state index contributed by atoms with van der Waals surface area (Å²) in [5, 5.41) is 2.55. The highest BCUT2D eigenvalue weighted by Gasteiger charge is 2.23. The van der Waals surface area contributed by atoms with Crippen LogP contribution in [0.4, 0.5) is 0 Å². The van der Waals surface area contributed by atoms with E-state index in [2.05, 4.69) is 5.32 Å². The molecular formula is C16H24ClN3O2. The van der Waals surface area contributed by atoms with Crippen LogP contribution >= 0.6 is 12.4 Å². The van der Waals surface area contributed by atoms with E-state index in [-0.39, 0.29) is 37.3 Å². The van der Waals surface area contributed by atoms with Crippen molar-refractivity contribution in [2.24, 2.45) is 11.7 Å². The van der Waals surface area contributed by atoms with Gasteiger partial charge < -0.3 is 16.0 Å². The van der Waals surface area contributed by atoms with Gasteiger partial charge in [-0.3, -0.25) is 9.59 Å². The van der Waals surface area contributed by atoms with Gasteiger partial charge in [0.1, 0.15) is 0 Å². The molecule has 6 heteroatoms. The van der Waals surface area contributed by atoms with Crippen LogP contribution in [0.1, 0.15) is 24.8 Å². The second kappa shape index (κ2) is 9.43. The fourth-order valence-corrected chi connectivity index (χ4v) is 2.40. The molecule has 0 bridgehead atoms. The Morgan fingerprint density at radius 3 is 2.45 bits per heavy atom. The average molecular weight is 326 g/mol. The van der Waals surface area contributed by atoms with Crippen molar-refractivity contribution in [3.63, 3.8) is 0 Å². The van der Waals surface area contributed by atoms with Crippen molar-refractivity contribution in [1.29, 1.82) is 0 Å². The third-order valence-electron chi connectivity index (χ3n) is 3.89. The predicted molar refractivity (Wildman–Crippen MR) is 88.5 cm³/mol. The molecule has 1 aliphatic carbocycles. The van der Waals surface area contributed by atoms with Crippen molar-refractivity contribution >= 4 is 24.2 Å². The number of amides is 2. The molecular weight excluding hydrogens is 302 g/mol. The molecule has 5 nitrogen and oxygen atoms in total. The van der Waals surface area contributed by atoms with Crippen molar-refractivity contribution in [2.75, 3.05) is 19.6 Å². The minimum Gasteiger partial charge on any atom is -0.346 e. The van der Waals surface area contributed by atoms with Crippen molar-refractivity contribution in [3.05, 3.63) is 35.9 Å². The summed E-state index contributed by atoms with van der Waals surface area (Å²) in [6.07, 6.45) is 3.63. The third-order valence-corrected chi connectivity index (χ3v) is 3.89. The van der Waals surface area contributed by atoms with Gasteiger partial charge in [0, 0.05) is 13.1 Å². The van der Waals surface area contributed by atoms with Crippen LogP contribution < -0.4 is 11.1 Å². The van der Waals surface area contributed by atoms with Crippen molar-refractivity contribution < 1.29 is 9.59 Å². The lowest BCUT2D eigenvalue weighted by molar-refractivity contribution is -0.134. The lowest BCUT2D eigenvalue weighted by Gasteiger charge is -2.32. The summed E-state index contributed by atoms with van der Waals surface area (Å²) < 4.78 is 0. The Morgan fingerprint density at radius 2 is 1.91 bits per heavy atom. The number of hydrogen-bond acceptors (Lipinski definition) is 3. The molecule has 1 aromatic carbocycles. The quantitative estimate of drug-likeness (QED) is 0.793. The van der Waals surface area contributed by atoms with Gasteiger partial charge >= 0.3 is 0 Å². The van der Waals surface area contributed by atoms with Gasteiger partial charge in [0.2, 0.25) is 11.8 Å². The Kier molecular flexibility index (Phi) is 7.91. The Bertz CT molecular complexity index is 478. The van der Waals surface area contributed by atoms with E-state index < -0.39 is 0 Å². The van der Waals surface area contributed by atoms with E-state index in [1.807, 2.05) is 35.2 Å². The summed E-state index contributed by atoms with van der Waals surface area (Å²) in [4.78, 5) is 25.3. The molecule has 0 aromatic heterocycles. The molecule has 1 saturated carbocycles. The van der Waals surface area contributed by atoms with Crippen LogP contribution in [0.25, 0.3) is 0 Å². The fourth-order valence-electron chi connectivity index (χ4n) is 2.40. The molecule has 1 fully saturated rings. The molecule has 122 valence electrons. The summed E-state index contributed by atoms with van der Waals surface area (Å²) in [5.74, 6) is 0.252. The number of halogens is 1. The monoisotopic (exact) mass is 325 g/mol. The van der Waals surface area contributed by atoms with Crippen LogP contribution in [0.2, 0.25) is 0 Å². The van der Waals surface area contributed by atoms with Gasteiger partial charge in [-0.15, -0.1) is 12.4 Å². The first-order valence-corrected chi connectivity index (χ1v) is 7.47. The third kappa shape index (κ3) is 5.66. The highest BCUT2D eigenvalue weighted by molar-refractivity contribution is 5.85. The lowest BCUT2D eigenvalue weighted by Crippen LogP contribution is -2.44. The van der Waals surface area contributed by atoms with E-state index in [1.165, 1.54) is 19.3 Å². The number of carbonyl (C=O) groups is 2. The summed E-state index contributed by atoms with van der Waals surface area (Å²) in [7, 11) is 0. The zero-order valence-corrected chi connectivity index (χ0v) is 13.5. The summed E-state index contributed by atoms with van der Waals surface area (Å²) in [6.45, 7) is 1.30. The SMILES string of the molecule is Cl.NCC(=O)NCC(=O)N(Cc1ccccc1)CC1CCC1. The van der Waals surface area contributed by atoms with Gasteiger partial charge in [0.15, 0.2) is 0 Å². The molecule has 0 atom stereocenters. The van der Waals surface area contributed by atoms with Crippen LogP contribution in [0.5, 0.6) is 0 Å². The van der Waals surface area contributed by atoms with Gasteiger partial charge in [0.05, 0.1) is 13.1 Å². The number of nitrogens with zero attached hydrogens (tertiary/aromatic N) is 1. The van der Waals surface area contributed by atoms with Crippen LogP contribution in [0.3, 0.4) is 0 Å². The molecule has 0 aliphatic heterocycles. The van der Waals surface area contributed by atoms with E-state index in [1.54, 1.807) is 0 Å². The molecule has 2 rings (SSSR count). The predicted octanol–water partition coefficient (Wildman–Crippen LogP) is 1.31. The summed E-state index contributed by atoms with van der Waals surface area (Å²) >= 11 is 0. The van der Waals surface area contributed by atoms with Gasteiger partial charge in [-0.2, -0.15) is 0 Å². The first-order valence-electron chi connectivity index (χ1n) is 7.47. The Hall–Kier alpha value is -1.59. The highest BCUT2D eigenvalue weighted by Crippen LogP contribution is 2.27. The van der Waals surface area contributed by atoms with Gasteiger partial charge in [0.25, 0.3) is 0 Å². The largest absolute Gasteiger partial charge is 0.346 e. The first-order chi connectivity index (χ1) is 10.2. The van der Waals surface area contributed by atoms with Crippen molar-refractivity contribution in [1.82, 2.24) is 10.2 Å². The Morgan fingerprint density at radius 1 is 1.23 bits per heavy atom. The molecule has 0 saturated heterocycles. The van der Waals surface area contributed by atoms with Gasteiger partial charge in [-0.25, -0.2) is 0 Å². The zero-order valence-electron chi connectivity index (χ0n) is 12.7. The Balaban J connectivity index is 0.00000242. The zero-order chi connectivity index (χ0) is 15.1. The smallest absolute Gasteiger partial charge is 0.242 e. The van der Waals surface area contributed by atoms with E-state index in [0.29, 0.717) is 12.5 Å². The fraction of sp³-hybridized carbons (Fsp3) is 0.500. The van der Waals surface area contributed by atoms with Crippen LogP contribution in [0.15, 0.2) is 30.3 Å². The highest BCUT2D eigenvalue weighted by atomic mass is 35.5. The molecule has 0 unspecified atom stereocenters. The second-order valence-corrected chi connectivity index (χ2v) is 5.54. The van der Waals surface area contributed by atoms with Crippen LogP contribution in [-0.4, -0.2) is 36.3 Å². The number of nitrogens with two attached hydrogens (primary N) is 1. The molecule has 22 heavy (non-hydrogen) atoms. The lowest BCUT2D eigenvalue weighted by atomic mass is 9.85. The topological polar surface area (TPSA) is 75.4 Å². The number of hydrogen-bond donors (Lipinski definition) is 2. The van der Waals surface area contributed by atoms with E-state index in [0.717, 1.165) is 12.1 Å². The molecule has 3 N–H and O–H groups in total. The van der Waals surface area contributed by atoms with Gasteiger partial charge in [-0.1, -0.05) is 36.8 Å². The number of rotatable bonds is 7. The molecule has 1 aromatic rings. The van der Waals surface area contributed by atoms with E-state index >= 15 is 0 Å². The number of nitrogens with one attached hydrogen (secondary N) is 1. The summed E-state index contributed by atoms with van der Waals surface area (Å²) in [5.41, 5.74) is 6.34. The van der Waals surface area contributed by atoms with Crippen molar-refractivity contribution in [3.8, 4) is 0 Å². The molecule has 2 amide bonds. The second-order valence-electron chi connectivity index (χ2n) is 5.54. The molecule has 1 aliphatic rings. The van der Waals surface area contributed by atoms with Gasteiger partial charge in [-0.05, 0) is 24.3 Å². The molecule has 0 heterocycles. The average Bonchev–Trinajstić information content (AvgIpc) is 2.47. The molecule has 0 spiro atoms. The minimum atomic E-state index is -0.299. The minimum absolute atomic E-state index is 0. The summed E-state index contributed by atoms with van der Waals surface area (Å²) in [6, 6.07) is 9.93. The normalized spacial score (nSPS) is 13.7. The molecule has 0 radical (unpaired) electrons. The van der Waals surface area contributed by atoms with E-state index in [4.69, 9.17) is 5.73 Å². The first kappa shape index (κ1) is 18.5. The van der Waals surface area contributed by atoms with Crippen LogP contribution in [-0.2, 0) is 16.1 Å². The maximum Gasteiger partial charge on any atom is 0.242 e. The Labute approximate surface area is 137 Å². The maximum absolute atomic E-state index is 12.3. The maximum atomic E-state index is 12.3. The number of carbonyl (C=O) groups excluding carboxylic acids is 2. The van der Waals surface area contributed by atoms with Crippen molar-refractivity contribution in [2.45, 2.75) is 25.8 Å². The van der Waals surface area contributed by atoms with Crippen LogP contribution in [0, 0.1) is 5.92 Å².